The molecule has 17 heavy (non-hydrogen) atoms. The van der Waals surface area contributed by atoms with E-state index in [-0.39, 0.29) is 6.10 Å². The third-order valence-electron chi connectivity index (χ3n) is 2.42. The van der Waals surface area contributed by atoms with Gasteiger partial charge in [0.1, 0.15) is 11.5 Å². The van der Waals surface area contributed by atoms with Crippen molar-refractivity contribution in [3.63, 3.8) is 0 Å². The van der Waals surface area contributed by atoms with Crippen LogP contribution in [0.5, 0.6) is 0 Å². The summed E-state index contributed by atoms with van der Waals surface area (Å²) in [5.41, 5.74) is 0. The fourth-order valence-electron chi connectivity index (χ4n) is 1.75. The van der Waals surface area contributed by atoms with E-state index in [2.05, 4.69) is 5.32 Å². The maximum atomic E-state index is 11.5. The summed E-state index contributed by atoms with van der Waals surface area (Å²) in [5, 5.41) is 2.07. The van der Waals surface area contributed by atoms with Crippen LogP contribution >= 0.6 is 0 Å². The molecule has 102 valence electrons. The van der Waals surface area contributed by atoms with Crippen LogP contribution in [0.15, 0.2) is 0 Å². The van der Waals surface area contributed by atoms with Gasteiger partial charge in [-0.2, -0.15) is 0 Å². The predicted molar refractivity (Wildman–Crippen MR) is 70.2 cm³/mol. The minimum Gasteiger partial charge on any atom is -0.450 e. The molecule has 2 atom stereocenters. The van der Waals surface area contributed by atoms with E-state index in [9.17, 15) is 4.79 Å². The van der Waals surface area contributed by atoms with Crippen LogP contribution in [-0.4, -0.2) is 47.6 Å². The second-order valence-electron chi connectivity index (χ2n) is 3.74. The Labute approximate surface area is 107 Å². The maximum Gasteiger partial charge on any atom is 0.409 e. The van der Waals surface area contributed by atoms with Gasteiger partial charge in [-0.3, -0.25) is 5.32 Å². The molecule has 0 aliphatic carbocycles. The van der Waals surface area contributed by atoms with E-state index >= 15 is 0 Å². The van der Waals surface area contributed by atoms with Gasteiger partial charge in [-0.1, -0.05) is 6.92 Å². The Balaban J connectivity index is 4.67. The van der Waals surface area contributed by atoms with Crippen molar-refractivity contribution in [2.75, 3.05) is 19.8 Å². The average molecular weight is 263 g/mol. The average Bonchev–Trinajstić information content (AvgIpc) is 2.26. The van der Waals surface area contributed by atoms with Gasteiger partial charge in [0.05, 0.1) is 16.8 Å². The molecule has 0 spiro atoms. The van der Waals surface area contributed by atoms with Crippen LogP contribution in [0.3, 0.4) is 0 Å². The molecule has 0 fully saturated rings. The maximum absolute atomic E-state index is 11.5. The Morgan fingerprint density at radius 2 is 1.88 bits per heavy atom. The van der Waals surface area contributed by atoms with Gasteiger partial charge in [0.25, 0.3) is 0 Å². The zero-order valence-electron chi connectivity index (χ0n) is 11.5. The molecule has 0 aromatic carbocycles. The van der Waals surface area contributed by atoms with Crippen LogP contribution in [0.2, 0.25) is 0 Å². The van der Waals surface area contributed by atoms with Gasteiger partial charge in [0.15, 0.2) is 0 Å². The van der Waals surface area contributed by atoms with Gasteiger partial charge in [-0.05, 0) is 27.2 Å². The Kier molecular flexibility index (Phi) is 8.19. The van der Waals surface area contributed by atoms with E-state index in [0.29, 0.717) is 30.1 Å². The minimum atomic E-state index is -0.717. The molecule has 0 radical (unpaired) electrons. The Morgan fingerprint density at radius 1 is 1.24 bits per heavy atom. The van der Waals surface area contributed by atoms with Crippen LogP contribution in [0, 0.1) is 0 Å². The van der Waals surface area contributed by atoms with Crippen molar-refractivity contribution in [2.24, 2.45) is 0 Å². The molecule has 0 rings (SSSR count). The van der Waals surface area contributed by atoms with Crippen molar-refractivity contribution in [2.45, 2.75) is 45.6 Å². The highest BCUT2D eigenvalue weighted by Crippen LogP contribution is 2.16. The summed E-state index contributed by atoms with van der Waals surface area (Å²) in [4.78, 5) is 11.5. The largest absolute Gasteiger partial charge is 0.450 e. The van der Waals surface area contributed by atoms with Gasteiger partial charge >= 0.3 is 6.09 Å². The van der Waals surface area contributed by atoms with E-state index in [4.69, 9.17) is 14.2 Å². The van der Waals surface area contributed by atoms with Gasteiger partial charge < -0.3 is 14.2 Å². The van der Waals surface area contributed by atoms with Crippen molar-refractivity contribution in [3.05, 3.63) is 0 Å². The summed E-state index contributed by atoms with van der Waals surface area (Å²) in [7, 11) is 0.631. The molecule has 0 aromatic heterocycles. The first-order valence-electron chi connectivity index (χ1n) is 6.24. The molecule has 1 N–H and O–H groups in total. The standard InChI is InChI=1S/C11H25NO4Si/c1-5-9(14-6-2)11(17,16-8-4)12-10(13)15-7-3/h9H,5-8H2,1-4,17H3,(H,12,13). The Bertz CT molecular complexity index is 228. The SMILES string of the molecule is CCOC(=O)NC([SiH3])(OCC)C(CC)OCC. The molecule has 0 saturated heterocycles. The number of amides is 1. The highest BCUT2D eigenvalue weighted by Gasteiger charge is 2.36. The highest BCUT2D eigenvalue weighted by molar-refractivity contribution is 6.15. The lowest BCUT2D eigenvalue weighted by Crippen LogP contribution is -2.60. The number of carbonyl (C=O) groups excluding carboxylic acids is 1. The number of nitrogens with one attached hydrogen (secondary N) is 1. The lowest BCUT2D eigenvalue weighted by Gasteiger charge is -2.37. The molecular weight excluding hydrogens is 238 g/mol. The van der Waals surface area contributed by atoms with Crippen molar-refractivity contribution in [1.82, 2.24) is 5.32 Å². The highest BCUT2D eigenvalue weighted by atomic mass is 28.1. The molecule has 0 aliphatic heterocycles. The van der Waals surface area contributed by atoms with Crippen molar-refractivity contribution < 1.29 is 19.0 Å². The summed E-state index contributed by atoms with van der Waals surface area (Å²) in [5.74, 6) is 0. The summed E-state index contributed by atoms with van der Waals surface area (Å²) in [6, 6.07) is 0. The number of rotatable bonds is 8. The van der Waals surface area contributed by atoms with E-state index in [0.717, 1.165) is 6.42 Å². The third kappa shape index (κ3) is 5.52. The fourth-order valence-corrected chi connectivity index (χ4v) is 2.81. The summed E-state index contributed by atoms with van der Waals surface area (Å²) < 4.78 is 16.2. The van der Waals surface area contributed by atoms with Crippen molar-refractivity contribution >= 4 is 16.3 Å². The van der Waals surface area contributed by atoms with E-state index in [1.54, 1.807) is 6.92 Å². The van der Waals surface area contributed by atoms with Crippen LogP contribution in [-0.2, 0) is 14.2 Å². The molecule has 5 nitrogen and oxygen atoms in total. The molecule has 2 unspecified atom stereocenters. The smallest absolute Gasteiger partial charge is 0.409 e. The number of ether oxygens (including phenoxy) is 3. The summed E-state index contributed by atoms with van der Waals surface area (Å²) >= 11 is 0. The van der Waals surface area contributed by atoms with Gasteiger partial charge in [-0.15, -0.1) is 0 Å². The van der Waals surface area contributed by atoms with Gasteiger partial charge in [0.2, 0.25) is 0 Å². The molecule has 0 saturated carbocycles. The number of hydrogen-bond donors (Lipinski definition) is 1. The molecule has 0 heterocycles. The first-order chi connectivity index (χ1) is 8.03. The van der Waals surface area contributed by atoms with E-state index in [1.165, 1.54) is 0 Å². The number of hydrogen-bond acceptors (Lipinski definition) is 4. The molecule has 6 heteroatoms. The molecular formula is C11H25NO4Si. The van der Waals surface area contributed by atoms with Crippen molar-refractivity contribution in [1.29, 1.82) is 0 Å². The van der Waals surface area contributed by atoms with Crippen LogP contribution in [0.25, 0.3) is 0 Å². The third-order valence-corrected chi connectivity index (χ3v) is 3.61. The minimum absolute atomic E-state index is 0.136. The Morgan fingerprint density at radius 3 is 2.29 bits per heavy atom. The monoisotopic (exact) mass is 263 g/mol. The molecule has 0 aliphatic rings. The quantitative estimate of drug-likeness (QED) is 0.515. The van der Waals surface area contributed by atoms with Crippen LogP contribution in [0.1, 0.15) is 34.1 Å². The topological polar surface area (TPSA) is 56.8 Å². The first kappa shape index (κ1) is 16.4. The predicted octanol–water partition coefficient (Wildman–Crippen LogP) is 0.603. The second kappa shape index (κ2) is 8.49. The summed E-state index contributed by atoms with van der Waals surface area (Å²) in [6.45, 7) is 9.09. The van der Waals surface area contributed by atoms with Gasteiger partial charge in [-0.25, -0.2) is 4.79 Å². The van der Waals surface area contributed by atoms with Crippen LogP contribution < -0.4 is 5.32 Å². The number of alkyl carbamates (subject to hydrolysis) is 1. The lowest BCUT2D eigenvalue weighted by atomic mass is 10.2. The number of carbonyl (C=O) groups is 1. The van der Waals surface area contributed by atoms with Gasteiger partial charge in [0, 0.05) is 13.2 Å². The van der Waals surface area contributed by atoms with E-state index in [1.807, 2.05) is 20.8 Å². The fraction of sp³-hybridized carbons (Fsp3) is 0.909. The second-order valence-corrected chi connectivity index (χ2v) is 5.22. The normalized spacial score (nSPS) is 16.2. The molecule has 0 bridgehead atoms. The zero-order chi connectivity index (χ0) is 13.3. The first-order valence-corrected chi connectivity index (χ1v) is 7.24. The summed E-state index contributed by atoms with van der Waals surface area (Å²) in [6.07, 6.45) is 0.196. The van der Waals surface area contributed by atoms with Crippen molar-refractivity contribution in [3.8, 4) is 0 Å². The lowest BCUT2D eigenvalue weighted by molar-refractivity contribution is -0.108. The van der Waals surface area contributed by atoms with Crippen LogP contribution in [0.4, 0.5) is 4.79 Å². The zero-order valence-corrected chi connectivity index (χ0v) is 13.5. The molecule has 1 amide bonds. The molecule has 0 aromatic rings. The van der Waals surface area contributed by atoms with E-state index < -0.39 is 11.4 Å². The Hall–Kier alpha value is -0.593.